The topological polar surface area (TPSA) is 68.8 Å². The van der Waals surface area contributed by atoms with Gasteiger partial charge in [0, 0.05) is 11.8 Å². The van der Waals surface area contributed by atoms with Crippen molar-refractivity contribution in [1.82, 2.24) is 5.32 Å². The van der Waals surface area contributed by atoms with Crippen LogP contribution in [0.1, 0.15) is 32.6 Å². The Morgan fingerprint density at radius 2 is 2.08 bits per heavy atom. The highest BCUT2D eigenvalue weighted by Crippen LogP contribution is 2.28. The number of anilines is 1. The van der Waals surface area contributed by atoms with E-state index < -0.39 is 17.6 Å². The summed E-state index contributed by atoms with van der Waals surface area (Å²) in [4.78, 5) is 11.9. The summed E-state index contributed by atoms with van der Waals surface area (Å²) in [6.07, 6.45) is 4.00. The maximum absolute atomic E-state index is 14.0. The average molecular weight is 338 g/mol. The molecule has 0 radical (unpaired) electrons. The summed E-state index contributed by atoms with van der Waals surface area (Å²) in [6, 6.07) is 3.97. The third kappa shape index (κ3) is 4.36. The molecule has 1 aliphatic carbocycles. The van der Waals surface area contributed by atoms with Gasteiger partial charge in [-0.3, -0.25) is 0 Å². The van der Waals surface area contributed by atoms with Crippen LogP contribution in [0, 0.1) is 5.82 Å². The lowest BCUT2D eigenvalue weighted by Gasteiger charge is -2.33. The van der Waals surface area contributed by atoms with E-state index in [4.69, 9.17) is 14.2 Å². The fourth-order valence-electron chi connectivity index (χ4n) is 2.54. The van der Waals surface area contributed by atoms with Crippen LogP contribution in [-0.4, -0.2) is 37.7 Å². The molecule has 132 valence electrons. The summed E-state index contributed by atoms with van der Waals surface area (Å²) in [5.74, 6) is -1.07. The van der Waals surface area contributed by atoms with Gasteiger partial charge < -0.3 is 24.8 Å². The first-order valence-electron chi connectivity index (χ1n) is 8.33. The van der Waals surface area contributed by atoms with Gasteiger partial charge in [0.1, 0.15) is 0 Å². The van der Waals surface area contributed by atoms with Gasteiger partial charge in [-0.25, -0.2) is 9.18 Å². The van der Waals surface area contributed by atoms with Gasteiger partial charge in [-0.15, -0.1) is 0 Å². The molecule has 1 aromatic rings. The number of hydrogen-bond acceptors (Lipinski definition) is 4. The number of hydrogen-bond donors (Lipinski definition) is 2. The lowest BCUT2D eigenvalue weighted by atomic mass is 9.96. The van der Waals surface area contributed by atoms with E-state index in [0.717, 1.165) is 25.7 Å². The monoisotopic (exact) mass is 338 g/mol. The largest absolute Gasteiger partial charge is 0.487 e. The van der Waals surface area contributed by atoms with Crippen molar-refractivity contribution in [1.29, 1.82) is 0 Å². The molecule has 3 rings (SSSR count). The van der Waals surface area contributed by atoms with Crippen LogP contribution in [0.2, 0.25) is 0 Å². The number of nitrogens with one attached hydrogen (secondary N) is 2. The molecule has 0 spiro atoms. The van der Waals surface area contributed by atoms with Gasteiger partial charge in [0.25, 0.3) is 0 Å². The summed E-state index contributed by atoms with van der Waals surface area (Å²) >= 11 is 0. The van der Waals surface area contributed by atoms with Gasteiger partial charge in [0.05, 0.1) is 25.9 Å². The maximum atomic E-state index is 14.0. The second-order valence-electron chi connectivity index (χ2n) is 6.31. The lowest BCUT2D eigenvalue weighted by molar-refractivity contribution is -0.250. The van der Waals surface area contributed by atoms with E-state index in [2.05, 4.69) is 10.6 Å². The molecule has 1 aromatic carbocycles. The normalized spacial score (nSPS) is 20.1. The minimum atomic E-state index is -0.818. The van der Waals surface area contributed by atoms with Crippen molar-refractivity contribution in [3.05, 3.63) is 24.0 Å². The fraction of sp³-hybridized carbons (Fsp3) is 0.588. The van der Waals surface area contributed by atoms with Crippen LogP contribution in [-0.2, 0) is 9.47 Å². The van der Waals surface area contributed by atoms with E-state index in [1.807, 2.05) is 0 Å². The van der Waals surface area contributed by atoms with Gasteiger partial charge in [0.2, 0.25) is 0 Å². The quantitative estimate of drug-likeness (QED) is 0.866. The number of halogens is 1. The molecule has 6 nitrogen and oxygen atoms in total. The highest BCUT2D eigenvalue weighted by atomic mass is 19.1. The number of carbonyl (C=O) groups excluding carboxylic acids is 1. The van der Waals surface area contributed by atoms with Crippen LogP contribution < -0.4 is 15.4 Å². The zero-order valence-electron chi connectivity index (χ0n) is 13.8. The van der Waals surface area contributed by atoms with Crippen molar-refractivity contribution in [2.24, 2.45) is 0 Å². The minimum absolute atomic E-state index is 0.109. The summed E-state index contributed by atoms with van der Waals surface area (Å²) < 4.78 is 30.6. The number of ether oxygens (including phenoxy) is 3. The standard InChI is InChI=1S/C17H23FN2O4/c1-17(22-8-3-9-23-17)11-19-16(21)20-12-6-7-15(14(18)10-12)24-13-4-2-5-13/h6-7,10,13H,2-5,8-9,11H2,1H3,(H2,19,20,21). The average Bonchev–Trinajstić information content (AvgIpc) is 2.51. The van der Waals surface area contributed by atoms with Crippen LogP contribution in [0.3, 0.4) is 0 Å². The van der Waals surface area contributed by atoms with Crippen molar-refractivity contribution < 1.29 is 23.4 Å². The van der Waals surface area contributed by atoms with E-state index in [0.29, 0.717) is 18.9 Å². The van der Waals surface area contributed by atoms with E-state index in [-0.39, 0.29) is 18.4 Å². The van der Waals surface area contributed by atoms with E-state index >= 15 is 0 Å². The highest BCUT2D eigenvalue weighted by Gasteiger charge is 2.29. The van der Waals surface area contributed by atoms with E-state index in [9.17, 15) is 9.18 Å². The molecule has 2 N–H and O–H groups in total. The highest BCUT2D eigenvalue weighted by molar-refractivity contribution is 5.89. The number of benzene rings is 1. The molecule has 0 unspecified atom stereocenters. The van der Waals surface area contributed by atoms with Crippen molar-refractivity contribution in [3.63, 3.8) is 0 Å². The van der Waals surface area contributed by atoms with Gasteiger partial charge in [-0.1, -0.05) is 0 Å². The fourth-order valence-corrected chi connectivity index (χ4v) is 2.54. The number of urea groups is 1. The summed E-state index contributed by atoms with van der Waals surface area (Å²) in [5.41, 5.74) is 0.363. The Bertz CT molecular complexity index is 586. The smallest absolute Gasteiger partial charge is 0.319 e. The van der Waals surface area contributed by atoms with Gasteiger partial charge in [0.15, 0.2) is 17.4 Å². The zero-order chi connectivity index (χ0) is 17.0. The van der Waals surface area contributed by atoms with Crippen LogP contribution in [0.4, 0.5) is 14.9 Å². The SMILES string of the molecule is CC1(CNC(=O)Nc2ccc(OC3CCC3)c(F)c2)OCCCO1. The van der Waals surface area contributed by atoms with Crippen LogP contribution in [0.15, 0.2) is 18.2 Å². The molecule has 2 fully saturated rings. The molecule has 1 saturated carbocycles. The first kappa shape index (κ1) is 17.0. The van der Waals surface area contributed by atoms with Crippen molar-refractivity contribution in [2.45, 2.75) is 44.5 Å². The molecular weight excluding hydrogens is 315 g/mol. The maximum Gasteiger partial charge on any atom is 0.319 e. The Morgan fingerprint density at radius 1 is 1.33 bits per heavy atom. The first-order chi connectivity index (χ1) is 11.5. The predicted octanol–water partition coefficient (Wildman–Crippen LogP) is 3.03. The molecule has 0 atom stereocenters. The number of carbonyl (C=O) groups is 1. The molecule has 1 heterocycles. The molecule has 1 saturated heterocycles. The second kappa shape index (κ2) is 7.36. The summed E-state index contributed by atoms with van der Waals surface area (Å²) in [5, 5.41) is 5.26. The Labute approximate surface area is 140 Å². The second-order valence-corrected chi connectivity index (χ2v) is 6.31. The Morgan fingerprint density at radius 3 is 2.71 bits per heavy atom. The van der Waals surface area contributed by atoms with Crippen LogP contribution >= 0.6 is 0 Å². The van der Waals surface area contributed by atoms with Crippen molar-refractivity contribution in [2.75, 3.05) is 25.1 Å². The molecule has 7 heteroatoms. The molecule has 0 aromatic heterocycles. The Hall–Kier alpha value is -1.86. The predicted molar refractivity (Wildman–Crippen MR) is 86.6 cm³/mol. The molecule has 2 amide bonds. The van der Waals surface area contributed by atoms with Crippen molar-refractivity contribution in [3.8, 4) is 5.75 Å². The Kier molecular flexibility index (Phi) is 5.20. The third-order valence-corrected chi connectivity index (χ3v) is 4.21. The van der Waals surface area contributed by atoms with E-state index in [1.54, 1.807) is 13.0 Å². The lowest BCUT2D eigenvalue weighted by Crippen LogP contribution is -2.48. The molecule has 1 aliphatic heterocycles. The summed E-state index contributed by atoms with van der Waals surface area (Å²) in [6.45, 7) is 3.20. The molecule has 0 bridgehead atoms. The van der Waals surface area contributed by atoms with Crippen LogP contribution in [0.25, 0.3) is 0 Å². The van der Waals surface area contributed by atoms with E-state index in [1.165, 1.54) is 12.1 Å². The minimum Gasteiger partial charge on any atom is -0.487 e. The number of rotatable bonds is 5. The summed E-state index contributed by atoms with van der Waals surface area (Å²) in [7, 11) is 0. The molecule has 24 heavy (non-hydrogen) atoms. The third-order valence-electron chi connectivity index (χ3n) is 4.21. The first-order valence-corrected chi connectivity index (χ1v) is 8.33. The zero-order valence-corrected chi connectivity index (χ0v) is 13.8. The Balaban J connectivity index is 1.49. The number of amides is 2. The molecule has 2 aliphatic rings. The van der Waals surface area contributed by atoms with Gasteiger partial charge in [-0.05, 0) is 44.7 Å². The molecular formula is C17H23FN2O4. The van der Waals surface area contributed by atoms with Gasteiger partial charge in [-0.2, -0.15) is 0 Å². The van der Waals surface area contributed by atoms with Crippen molar-refractivity contribution >= 4 is 11.7 Å². The van der Waals surface area contributed by atoms with Crippen LogP contribution in [0.5, 0.6) is 5.75 Å². The van der Waals surface area contributed by atoms with Gasteiger partial charge >= 0.3 is 6.03 Å².